The summed E-state index contributed by atoms with van der Waals surface area (Å²) in [5, 5.41) is 2.02. The van der Waals surface area contributed by atoms with Crippen molar-refractivity contribution >= 4 is 9.84 Å². The van der Waals surface area contributed by atoms with Gasteiger partial charge in [0.15, 0.2) is 9.84 Å². The fraction of sp³-hybridized carbons (Fsp3) is 0.700. The molecule has 0 radical (unpaired) electrons. The highest BCUT2D eigenvalue weighted by Crippen LogP contribution is 2.33. The third-order valence-electron chi connectivity index (χ3n) is 3.43. The van der Waals surface area contributed by atoms with Crippen LogP contribution in [0, 0.1) is 6.92 Å². The van der Waals surface area contributed by atoms with Gasteiger partial charge in [-0.2, -0.15) is 13.2 Å². The van der Waals surface area contributed by atoms with E-state index < -0.39 is 38.4 Å². The third kappa shape index (κ3) is 2.31. The number of rotatable bonds is 1. The Bertz CT molecular complexity index is 671. The normalized spacial score (nSPS) is 26.8. The van der Waals surface area contributed by atoms with E-state index in [4.69, 9.17) is 0 Å². The largest absolute Gasteiger partial charge is 0.433 e. The van der Waals surface area contributed by atoms with Crippen LogP contribution in [-0.2, 0) is 21.6 Å². The monoisotopic (exact) mass is 298 g/mol. The Hall–Kier alpha value is -1.25. The average molecular weight is 298 g/mol. The number of halogens is 3. The van der Waals surface area contributed by atoms with E-state index in [1.807, 2.05) is 5.10 Å². The average Bonchev–Trinajstić information content (AvgIpc) is 2.67. The third-order valence-corrected chi connectivity index (χ3v) is 5.32. The predicted molar refractivity (Wildman–Crippen MR) is 61.7 cm³/mol. The predicted octanol–water partition coefficient (Wildman–Crippen LogP) is 1.04. The van der Waals surface area contributed by atoms with E-state index in [-0.39, 0.29) is 17.9 Å². The highest BCUT2D eigenvalue weighted by Gasteiger charge is 2.44. The lowest BCUT2D eigenvalue weighted by Gasteiger charge is -2.22. The first-order valence-corrected chi connectivity index (χ1v) is 7.38. The maximum Gasteiger partial charge on any atom is 0.433 e. The summed E-state index contributed by atoms with van der Waals surface area (Å²) in [7, 11) is -3.32. The molecule has 0 bridgehead atoms. The van der Waals surface area contributed by atoms with Gasteiger partial charge in [-0.25, -0.2) is 13.1 Å². The lowest BCUT2D eigenvalue weighted by Crippen LogP contribution is -2.39. The Labute approximate surface area is 107 Å². The summed E-state index contributed by atoms with van der Waals surface area (Å²) in [6, 6.07) is 0. The topological polar surface area (TPSA) is 71.9 Å². The number of nitrogens with one attached hydrogen (secondary N) is 1. The van der Waals surface area contributed by atoms with Crippen LogP contribution < -0.4 is 5.56 Å². The fourth-order valence-corrected chi connectivity index (χ4v) is 4.46. The van der Waals surface area contributed by atoms with Gasteiger partial charge in [-0.05, 0) is 20.3 Å². The van der Waals surface area contributed by atoms with Crippen LogP contribution in [0.4, 0.5) is 13.2 Å². The Kier molecular flexibility index (Phi) is 2.89. The van der Waals surface area contributed by atoms with Gasteiger partial charge in [0, 0.05) is 5.56 Å². The number of alkyl halides is 3. The minimum absolute atomic E-state index is 0.118. The Morgan fingerprint density at radius 1 is 1.37 bits per heavy atom. The zero-order valence-corrected chi connectivity index (χ0v) is 11.2. The Morgan fingerprint density at radius 3 is 2.32 bits per heavy atom. The number of hydrogen-bond acceptors (Lipinski definition) is 3. The molecule has 2 heterocycles. The summed E-state index contributed by atoms with van der Waals surface area (Å²) >= 11 is 0. The van der Waals surface area contributed by atoms with E-state index in [2.05, 4.69) is 0 Å². The number of nitrogens with zero attached hydrogens (tertiary/aromatic N) is 1. The van der Waals surface area contributed by atoms with Gasteiger partial charge in [0.05, 0.1) is 17.0 Å². The SMILES string of the molecule is Cc1c(C(F)(F)F)[nH]n(C2(C)CCS(=O)(=O)C2)c1=O. The molecule has 1 aliphatic heterocycles. The van der Waals surface area contributed by atoms with E-state index in [0.717, 1.165) is 11.6 Å². The minimum atomic E-state index is -4.66. The van der Waals surface area contributed by atoms with Gasteiger partial charge in [0.1, 0.15) is 5.69 Å². The van der Waals surface area contributed by atoms with Crippen molar-refractivity contribution in [3.8, 4) is 0 Å². The quantitative estimate of drug-likeness (QED) is 0.842. The van der Waals surface area contributed by atoms with Crippen LogP contribution in [0.3, 0.4) is 0 Å². The second-order valence-corrected chi connectivity index (χ2v) is 7.27. The van der Waals surface area contributed by atoms with Crippen molar-refractivity contribution < 1.29 is 21.6 Å². The molecule has 9 heteroatoms. The zero-order chi connectivity index (χ0) is 14.6. The second-order valence-electron chi connectivity index (χ2n) is 5.09. The van der Waals surface area contributed by atoms with Gasteiger partial charge >= 0.3 is 6.18 Å². The summed E-state index contributed by atoms with van der Waals surface area (Å²) in [6.07, 6.45) is -4.55. The molecule has 0 aliphatic carbocycles. The molecule has 19 heavy (non-hydrogen) atoms. The highest BCUT2D eigenvalue weighted by atomic mass is 32.2. The van der Waals surface area contributed by atoms with Gasteiger partial charge < -0.3 is 0 Å². The molecule has 0 spiro atoms. The Balaban J connectivity index is 2.57. The number of sulfone groups is 1. The maximum absolute atomic E-state index is 12.7. The van der Waals surface area contributed by atoms with Crippen LogP contribution in [0.25, 0.3) is 0 Å². The smallest absolute Gasteiger partial charge is 0.290 e. The van der Waals surface area contributed by atoms with Crippen LogP contribution in [-0.4, -0.2) is 29.7 Å². The zero-order valence-electron chi connectivity index (χ0n) is 10.3. The van der Waals surface area contributed by atoms with Gasteiger partial charge in [0.2, 0.25) is 0 Å². The molecular formula is C10H13F3N2O3S. The molecular weight excluding hydrogens is 285 g/mol. The van der Waals surface area contributed by atoms with Crippen LogP contribution in [0.15, 0.2) is 4.79 Å². The summed E-state index contributed by atoms with van der Waals surface area (Å²) < 4.78 is 61.8. The van der Waals surface area contributed by atoms with Gasteiger partial charge in [0.25, 0.3) is 5.56 Å². The summed E-state index contributed by atoms with van der Waals surface area (Å²) in [4.78, 5) is 11.9. The molecule has 0 saturated carbocycles. The fourth-order valence-electron chi connectivity index (χ4n) is 2.35. The van der Waals surface area contributed by atoms with Crippen molar-refractivity contribution in [1.82, 2.24) is 9.78 Å². The van der Waals surface area contributed by atoms with Crippen LogP contribution >= 0.6 is 0 Å². The summed E-state index contributed by atoms with van der Waals surface area (Å²) in [5.74, 6) is -0.466. The molecule has 1 atom stereocenters. The summed E-state index contributed by atoms with van der Waals surface area (Å²) in [6.45, 7) is 2.54. The lowest BCUT2D eigenvalue weighted by atomic mass is 10.0. The molecule has 1 aromatic heterocycles. The molecule has 1 aromatic rings. The van der Waals surface area contributed by atoms with Crippen LogP contribution in [0.5, 0.6) is 0 Å². The Morgan fingerprint density at radius 2 is 1.95 bits per heavy atom. The molecule has 1 saturated heterocycles. The lowest BCUT2D eigenvalue weighted by molar-refractivity contribution is -0.142. The molecule has 1 unspecified atom stereocenters. The molecule has 108 valence electrons. The summed E-state index contributed by atoms with van der Waals surface area (Å²) in [5.41, 5.74) is -3.54. The molecule has 1 N–H and O–H groups in total. The highest BCUT2D eigenvalue weighted by molar-refractivity contribution is 7.91. The van der Waals surface area contributed by atoms with E-state index in [1.54, 1.807) is 0 Å². The van der Waals surface area contributed by atoms with Crippen molar-refractivity contribution in [3.63, 3.8) is 0 Å². The van der Waals surface area contributed by atoms with E-state index in [1.165, 1.54) is 6.92 Å². The molecule has 5 nitrogen and oxygen atoms in total. The first-order chi connectivity index (χ1) is 8.46. The van der Waals surface area contributed by atoms with Crippen molar-refractivity contribution in [2.45, 2.75) is 32.0 Å². The molecule has 1 fully saturated rings. The van der Waals surface area contributed by atoms with Gasteiger partial charge in [-0.3, -0.25) is 9.89 Å². The molecule has 1 aliphatic rings. The van der Waals surface area contributed by atoms with Gasteiger partial charge in [-0.15, -0.1) is 0 Å². The van der Waals surface area contributed by atoms with Crippen molar-refractivity contribution in [1.29, 1.82) is 0 Å². The van der Waals surface area contributed by atoms with Gasteiger partial charge in [-0.1, -0.05) is 0 Å². The van der Waals surface area contributed by atoms with Crippen molar-refractivity contribution in [2.24, 2.45) is 0 Å². The number of hydrogen-bond donors (Lipinski definition) is 1. The molecule has 0 amide bonds. The van der Waals surface area contributed by atoms with Crippen LogP contribution in [0.1, 0.15) is 24.6 Å². The number of aromatic amines is 1. The van der Waals surface area contributed by atoms with Crippen LogP contribution in [0.2, 0.25) is 0 Å². The number of aromatic nitrogens is 2. The maximum atomic E-state index is 12.7. The van der Waals surface area contributed by atoms with E-state index >= 15 is 0 Å². The first-order valence-electron chi connectivity index (χ1n) is 5.56. The van der Waals surface area contributed by atoms with E-state index in [9.17, 15) is 26.4 Å². The molecule has 2 rings (SSSR count). The standard InChI is InChI=1S/C10H13F3N2O3S/c1-6-7(10(11,12)13)14-15(8(6)16)9(2)3-4-19(17,18)5-9/h14H,3-5H2,1-2H3. The second kappa shape index (κ2) is 3.87. The number of H-pyrrole nitrogens is 1. The molecule has 0 aromatic carbocycles. The van der Waals surface area contributed by atoms with Crippen molar-refractivity contribution in [3.05, 3.63) is 21.6 Å². The minimum Gasteiger partial charge on any atom is -0.290 e. The first kappa shape index (κ1) is 14.2. The van der Waals surface area contributed by atoms with Crippen molar-refractivity contribution in [2.75, 3.05) is 11.5 Å². The van der Waals surface area contributed by atoms with E-state index in [0.29, 0.717) is 0 Å².